The normalized spacial score (nSPS) is 34.9. The van der Waals surface area contributed by atoms with E-state index in [1.54, 1.807) is 29.2 Å². The van der Waals surface area contributed by atoms with E-state index in [9.17, 15) is 19.2 Å². The number of carbonyl (C=O) groups is 4. The molecule has 1 aromatic carbocycles. The lowest BCUT2D eigenvalue weighted by Gasteiger charge is -2.57. The molecule has 7 rings (SSSR count). The van der Waals surface area contributed by atoms with Crippen LogP contribution in [0.25, 0.3) is 0 Å². The lowest BCUT2D eigenvalue weighted by atomic mass is 9.49. The van der Waals surface area contributed by atoms with Crippen LogP contribution in [0.3, 0.4) is 0 Å². The Morgan fingerprint density at radius 1 is 1.06 bits per heavy atom. The number of amides is 3. The Bertz CT molecular complexity index is 1040. The van der Waals surface area contributed by atoms with Crippen LogP contribution in [0, 0.1) is 23.2 Å². The van der Waals surface area contributed by atoms with Crippen LogP contribution in [0.1, 0.15) is 68.1 Å². The standard InChI is InChI=1S/C28H34N2O6/c1-35-26(33)20-4-6-21(7-5-20)30-24(31)12-23(25(30)32)29(16-22-3-2-8-36-22)27(34)28-13-17-9-18(14-28)11-19(10-17)15-28/h4-7,17-19,22-23H,2-3,8-16H2,1H3. The lowest BCUT2D eigenvalue weighted by Crippen LogP contribution is -2.58. The molecule has 1 aromatic rings. The van der Waals surface area contributed by atoms with E-state index < -0.39 is 17.4 Å². The van der Waals surface area contributed by atoms with Crippen molar-refractivity contribution in [1.29, 1.82) is 0 Å². The van der Waals surface area contributed by atoms with Gasteiger partial charge >= 0.3 is 5.97 Å². The fraction of sp³-hybridized carbons (Fsp3) is 0.643. The van der Waals surface area contributed by atoms with E-state index >= 15 is 0 Å². The molecule has 4 bridgehead atoms. The molecule has 2 unspecified atom stereocenters. The number of benzene rings is 1. The third-order valence-electron chi connectivity index (χ3n) is 9.22. The average Bonchev–Trinajstić information content (AvgIpc) is 3.48. The van der Waals surface area contributed by atoms with Gasteiger partial charge in [-0.1, -0.05) is 0 Å². The van der Waals surface area contributed by atoms with E-state index in [0.29, 0.717) is 42.2 Å². The van der Waals surface area contributed by atoms with Crippen molar-refractivity contribution in [2.24, 2.45) is 23.2 Å². The molecule has 0 spiro atoms. The number of hydrogen-bond acceptors (Lipinski definition) is 6. The molecule has 2 aliphatic heterocycles. The molecule has 8 nitrogen and oxygen atoms in total. The van der Waals surface area contributed by atoms with Crippen molar-refractivity contribution in [3.63, 3.8) is 0 Å². The summed E-state index contributed by atoms with van der Waals surface area (Å²) in [5.74, 6) is 0.698. The first-order valence-electron chi connectivity index (χ1n) is 13.3. The summed E-state index contributed by atoms with van der Waals surface area (Å²) in [6.07, 6.45) is 8.10. The maximum absolute atomic E-state index is 14.4. The molecule has 2 heterocycles. The predicted molar refractivity (Wildman–Crippen MR) is 130 cm³/mol. The van der Waals surface area contributed by atoms with Crippen LogP contribution in [-0.2, 0) is 23.9 Å². The molecule has 0 radical (unpaired) electrons. The monoisotopic (exact) mass is 494 g/mol. The topological polar surface area (TPSA) is 93.2 Å². The molecule has 6 fully saturated rings. The van der Waals surface area contributed by atoms with Crippen molar-refractivity contribution in [2.45, 2.75) is 69.9 Å². The Hall–Kier alpha value is -2.74. The van der Waals surface area contributed by atoms with E-state index in [-0.39, 0.29) is 30.2 Å². The van der Waals surface area contributed by atoms with E-state index in [2.05, 4.69) is 0 Å². The predicted octanol–water partition coefficient (Wildman–Crippen LogP) is 3.33. The molecular formula is C28H34N2O6. The zero-order chi connectivity index (χ0) is 25.0. The second-order valence-corrected chi connectivity index (χ2v) is 11.6. The van der Waals surface area contributed by atoms with Crippen molar-refractivity contribution in [3.05, 3.63) is 29.8 Å². The smallest absolute Gasteiger partial charge is 0.337 e. The summed E-state index contributed by atoms with van der Waals surface area (Å²) in [5.41, 5.74) is 0.347. The third-order valence-corrected chi connectivity index (χ3v) is 9.22. The van der Waals surface area contributed by atoms with Gasteiger partial charge in [0, 0.05) is 13.2 Å². The highest BCUT2D eigenvalue weighted by Crippen LogP contribution is 2.60. The highest BCUT2D eigenvalue weighted by molar-refractivity contribution is 6.23. The summed E-state index contributed by atoms with van der Waals surface area (Å²) in [4.78, 5) is 55.9. The number of nitrogens with zero attached hydrogens (tertiary/aromatic N) is 2. The fourth-order valence-electron chi connectivity index (χ4n) is 8.03. The maximum atomic E-state index is 14.4. The van der Waals surface area contributed by atoms with Crippen LogP contribution in [0.4, 0.5) is 5.69 Å². The van der Waals surface area contributed by atoms with Gasteiger partial charge in [-0.2, -0.15) is 0 Å². The SMILES string of the molecule is COC(=O)c1ccc(N2C(=O)CC(N(CC3CCCO3)C(=O)C34CC5CC(CC(C5)C3)C4)C2=O)cc1. The van der Waals surface area contributed by atoms with Crippen LogP contribution >= 0.6 is 0 Å². The van der Waals surface area contributed by atoms with E-state index in [4.69, 9.17) is 9.47 Å². The molecule has 4 saturated carbocycles. The summed E-state index contributed by atoms with van der Waals surface area (Å²) in [6, 6.07) is 5.42. The molecular weight excluding hydrogens is 460 g/mol. The Morgan fingerprint density at radius 2 is 1.69 bits per heavy atom. The number of anilines is 1. The second-order valence-electron chi connectivity index (χ2n) is 11.6. The summed E-state index contributed by atoms with van der Waals surface area (Å²) in [6.45, 7) is 1.03. The Labute approximate surface area is 211 Å². The van der Waals surface area contributed by atoms with Gasteiger partial charge in [0.1, 0.15) is 6.04 Å². The van der Waals surface area contributed by atoms with Crippen LogP contribution in [0.5, 0.6) is 0 Å². The molecule has 2 saturated heterocycles. The molecule has 0 N–H and O–H groups in total. The van der Waals surface area contributed by atoms with Gasteiger partial charge in [-0.25, -0.2) is 9.69 Å². The Kier molecular flexibility index (Phi) is 5.90. The zero-order valence-corrected chi connectivity index (χ0v) is 20.8. The van der Waals surface area contributed by atoms with E-state index in [0.717, 1.165) is 32.1 Å². The quantitative estimate of drug-likeness (QED) is 0.445. The average molecular weight is 495 g/mol. The molecule has 3 amide bonds. The van der Waals surface area contributed by atoms with Gasteiger partial charge in [-0.15, -0.1) is 0 Å². The second kappa shape index (κ2) is 8.98. The largest absolute Gasteiger partial charge is 0.465 e. The van der Waals surface area contributed by atoms with Gasteiger partial charge in [0.2, 0.25) is 11.8 Å². The van der Waals surface area contributed by atoms with E-state index in [1.165, 1.54) is 31.3 Å². The number of esters is 1. The highest BCUT2D eigenvalue weighted by atomic mass is 16.5. The van der Waals surface area contributed by atoms with Crippen LogP contribution in [0.2, 0.25) is 0 Å². The highest BCUT2D eigenvalue weighted by Gasteiger charge is 2.57. The first-order valence-corrected chi connectivity index (χ1v) is 13.3. The number of methoxy groups -OCH3 is 1. The number of imide groups is 1. The number of ether oxygens (including phenoxy) is 2. The van der Waals surface area contributed by atoms with Crippen molar-refractivity contribution >= 4 is 29.4 Å². The van der Waals surface area contributed by atoms with Gasteiger partial charge in [-0.3, -0.25) is 14.4 Å². The summed E-state index contributed by atoms with van der Waals surface area (Å²) < 4.78 is 10.6. The third kappa shape index (κ3) is 3.94. The number of hydrogen-bond donors (Lipinski definition) is 0. The zero-order valence-electron chi connectivity index (χ0n) is 20.8. The molecule has 192 valence electrons. The van der Waals surface area contributed by atoms with Crippen LogP contribution < -0.4 is 4.90 Å². The first-order chi connectivity index (χ1) is 17.4. The van der Waals surface area contributed by atoms with Gasteiger partial charge in [0.25, 0.3) is 5.91 Å². The minimum Gasteiger partial charge on any atom is -0.465 e. The minimum atomic E-state index is -0.817. The molecule has 8 heteroatoms. The van der Waals surface area contributed by atoms with Crippen molar-refractivity contribution < 1.29 is 28.7 Å². The van der Waals surface area contributed by atoms with Crippen molar-refractivity contribution in [1.82, 2.24) is 4.90 Å². The Balaban J connectivity index is 1.28. The van der Waals surface area contributed by atoms with Gasteiger partial charge < -0.3 is 14.4 Å². The van der Waals surface area contributed by atoms with Gasteiger partial charge in [0.15, 0.2) is 0 Å². The first kappa shape index (κ1) is 23.6. The Morgan fingerprint density at radius 3 is 2.25 bits per heavy atom. The van der Waals surface area contributed by atoms with Crippen LogP contribution in [0.15, 0.2) is 24.3 Å². The van der Waals surface area contributed by atoms with Crippen molar-refractivity contribution in [2.75, 3.05) is 25.2 Å². The molecule has 6 aliphatic rings. The maximum Gasteiger partial charge on any atom is 0.337 e. The van der Waals surface area contributed by atoms with Crippen LogP contribution in [-0.4, -0.2) is 61.0 Å². The minimum absolute atomic E-state index is 0.0254. The molecule has 2 atom stereocenters. The summed E-state index contributed by atoms with van der Waals surface area (Å²) in [7, 11) is 1.30. The summed E-state index contributed by atoms with van der Waals surface area (Å²) >= 11 is 0. The summed E-state index contributed by atoms with van der Waals surface area (Å²) in [5, 5.41) is 0. The van der Waals surface area contributed by atoms with Gasteiger partial charge in [-0.05, 0) is 93.4 Å². The molecule has 36 heavy (non-hydrogen) atoms. The van der Waals surface area contributed by atoms with Gasteiger partial charge in [0.05, 0.1) is 36.3 Å². The van der Waals surface area contributed by atoms with Crippen molar-refractivity contribution in [3.8, 4) is 0 Å². The van der Waals surface area contributed by atoms with E-state index in [1.807, 2.05) is 0 Å². The number of rotatable bonds is 6. The number of carbonyl (C=O) groups excluding carboxylic acids is 4. The fourth-order valence-corrected chi connectivity index (χ4v) is 8.03. The molecule has 4 aliphatic carbocycles. The lowest BCUT2D eigenvalue weighted by molar-refractivity contribution is -0.163. The molecule has 0 aromatic heterocycles.